The van der Waals surface area contributed by atoms with Crippen molar-refractivity contribution in [3.63, 3.8) is 0 Å². The first-order chi connectivity index (χ1) is 9.01. The van der Waals surface area contributed by atoms with Crippen LogP contribution >= 0.6 is 0 Å². The fourth-order valence-electron chi connectivity index (χ4n) is 3.27. The van der Waals surface area contributed by atoms with Crippen molar-refractivity contribution in [2.75, 3.05) is 13.2 Å². The second-order valence-electron chi connectivity index (χ2n) is 6.00. The Balaban J connectivity index is 2.13. The first kappa shape index (κ1) is 14.8. The van der Waals surface area contributed by atoms with Crippen LogP contribution in [-0.2, 0) is 19.0 Å². The van der Waals surface area contributed by atoms with E-state index < -0.39 is 5.60 Å². The van der Waals surface area contributed by atoms with E-state index in [0.29, 0.717) is 19.1 Å². The van der Waals surface area contributed by atoms with E-state index in [4.69, 9.17) is 14.2 Å². The third-order valence-corrected chi connectivity index (χ3v) is 4.38. The molecule has 1 spiro atoms. The maximum Gasteiger partial charge on any atom is 0.341 e. The Hall–Kier alpha value is -0.610. The number of carbonyl (C=O) groups excluding carboxylic acids is 1. The molecular weight excluding hydrogens is 244 g/mol. The van der Waals surface area contributed by atoms with Crippen molar-refractivity contribution in [2.24, 2.45) is 5.92 Å². The van der Waals surface area contributed by atoms with Crippen LogP contribution in [0.1, 0.15) is 53.4 Å². The molecule has 0 aromatic carbocycles. The van der Waals surface area contributed by atoms with Gasteiger partial charge in [-0.15, -0.1) is 0 Å². The molecule has 2 heterocycles. The molecule has 3 atom stereocenters. The van der Waals surface area contributed by atoms with Gasteiger partial charge in [0, 0.05) is 19.4 Å². The third kappa shape index (κ3) is 2.40. The lowest BCUT2D eigenvalue weighted by atomic mass is 9.79. The summed E-state index contributed by atoms with van der Waals surface area (Å²) in [6.45, 7) is 9.31. The van der Waals surface area contributed by atoms with Crippen LogP contribution in [0.15, 0.2) is 0 Å². The summed E-state index contributed by atoms with van der Waals surface area (Å²) in [5, 5.41) is 0. The van der Waals surface area contributed by atoms with Crippen LogP contribution in [0.4, 0.5) is 0 Å². The molecule has 0 N–H and O–H groups in total. The molecule has 2 saturated heterocycles. The third-order valence-electron chi connectivity index (χ3n) is 4.38. The van der Waals surface area contributed by atoms with E-state index in [-0.39, 0.29) is 17.7 Å². The number of carbonyl (C=O) groups is 1. The summed E-state index contributed by atoms with van der Waals surface area (Å²) >= 11 is 0. The van der Waals surface area contributed by atoms with E-state index in [1.807, 2.05) is 6.92 Å². The molecule has 0 aromatic heterocycles. The second kappa shape index (κ2) is 5.41. The van der Waals surface area contributed by atoms with Crippen molar-refractivity contribution in [1.82, 2.24) is 0 Å². The summed E-state index contributed by atoms with van der Waals surface area (Å²) in [5.41, 5.74) is -1.03. The first-order valence-electron chi connectivity index (χ1n) is 7.50. The molecule has 2 aliphatic rings. The Morgan fingerprint density at radius 3 is 2.74 bits per heavy atom. The highest BCUT2D eigenvalue weighted by Crippen LogP contribution is 2.58. The van der Waals surface area contributed by atoms with E-state index in [0.717, 1.165) is 25.7 Å². The zero-order chi connectivity index (χ0) is 14.1. The largest absolute Gasteiger partial charge is 0.464 e. The molecule has 2 rings (SSSR count). The topological polar surface area (TPSA) is 48.1 Å². The highest BCUT2D eigenvalue weighted by molar-refractivity contribution is 5.85. The highest BCUT2D eigenvalue weighted by atomic mass is 16.7. The fraction of sp³-hybridized carbons (Fsp3) is 0.933. The van der Waals surface area contributed by atoms with E-state index in [2.05, 4.69) is 20.8 Å². The van der Waals surface area contributed by atoms with Gasteiger partial charge < -0.3 is 14.2 Å². The number of hydrogen-bond donors (Lipinski definition) is 0. The Bertz CT molecular complexity index is 341. The minimum absolute atomic E-state index is 0.179. The van der Waals surface area contributed by atoms with Crippen LogP contribution in [-0.4, -0.2) is 36.5 Å². The molecule has 19 heavy (non-hydrogen) atoms. The van der Waals surface area contributed by atoms with Crippen LogP contribution < -0.4 is 0 Å². The van der Waals surface area contributed by atoms with Gasteiger partial charge in [-0.05, 0) is 19.3 Å². The van der Waals surface area contributed by atoms with Crippen LogP contribution in [0.3, 0.4) is 0 Å². The molecule has 0 aliphatic carbocycles. The summed E-state index contributed by atoms with van der Waals surface area (Å²) in [7, 11) is 0. The van der Waals surface area contributed by atoms with Gasteiger partial charge in [0.15, 0.2) is 5.60 Å². The van der Waals surface area contributed by atoms with Crippen LogP contribution in [0.5, 0.6) is 0 Å². The molecule has 4 nitrogen and oxygen atoms in total. The number of ether oxygens (including phenoxy) is 3. The average molecular weight is 270 g/mol. The lowest BCUT2D eigenvalue weighted by molar-refractivity contribution is -0.150. The van der Waals surface area contributed by atoms with Crippen molar-refractivity contribution in [3.05, 3.63) is 0 Å². The average Bonchev–Trinajstić information content (AvgIpc) is 2.98. The van der Waals surface area contributed by atoms with Gasteiger partial charge in [-0.1, -0.05) is 27.2 Å². The number of esters is 1. The zero-order valence-electron chi connectivity index (χ0n) is 12.5. The molecule has 0 aromatic rings. The number of epoxide rings is 1. The lowest BCUT2D eigenvalue weighted by Gasteiger charge is -2.32. The van der Waals surface area contributed by atoms with E-state index in [9.17, 15) is 4.79 Å². The predicted molar refractivity (Wildman–Crippen MR) is 71.9 cm³/mol. The van der Waals surface area contributed by atoms with Crippen molar-refractivity contribution in [3.8, 4) is 0 Å². The Kier molecular flexibility index (Phi) is 4.21. The molecular formula is C15H26O4. The standard InChI is InChI=1S/C15H26O4/c1-5-7-15(13(16)17-6-2)14(19-15)8-9-18-12(10-14)11(3)4/h11-12H,5-10H2,1-4H3. The van der Waals surface area contributed by atoms with Crippen molar-refractivity contribution in [1.29, 1.82) is 0 Å². The van der Waals surface area contributed by atoms with E-state index in [1.54, 1.807) is 0 Å². The molecule has 3 unspecified atom stereocenters. The first-order valence-corrected chi connectivity index (χ1v) is 7.50. The van der Waals surface area contributed by atoms with Crippen LogP contribution in [0, 0.1) is 5.92 Å². The van der Waals surface area contributed by atoms with Gasteiger partial charge >= 0.3 is 5.97 Å². The van der Waals surface area contributed by atoms with Crippen molar-refractivity contribution >= 4 is 5.97 Å². The Morgan fingerprint density at radius 1 is 1.42 bits per heavy atom. The SMILES string of the molecule is CCCC1(C(=O)OCC)OC12CCOC(C(C)C)C2. The summed E-state index contributed by atoms with van der Waals surface area (Å²) < 4.78 is 17.0. The minimum Gasteiger partial charge on any atom is -0.464 e. The number of hydrogen-bond acceptors (Lipinski definition) is 4. The lowest BCUT2D eigenvalue weighted by Crippen LogP contribution is -2.43. The van der Waals surface area contributed by atoms with E-state index in [1.165, 1.54) is 0 Å². The predicted octanol–water partition coefficient (Wildman–Crippen LogP) is 2.69. The van der Waals surface area contributed by atoms with Gasteiger partial charge in [-0.25, -0.2) is 4.79 Å². The Morgan fingerprint density at radius 2 is 2.16 bits per heavy atom. The molecule has 2 aliphatic heterocycles. The zero-order valence-corrected chi connectivity index (χ0v) is 12.5. The monoisotopic (exact) mass is 270 g/mol. The highest BCUT2D eigenvalue weighted by Gasteiger charge is 2.75. The quantitative estimate of drug-likeness (QED) is 0.569. The van der Waals surface area contributed by atoms with Crippen LogP contribution in [0.2, 0.25) is 0 Å². The molecule has 110 valence electrons. The summed E-state index contributed by atoms with van der Waals surface area (Å²) in [6.07, 6.45) is 3.46. The van der Waals surface area contributed by atoms with E-state index >= 15 is 0 Å². The van der Waals surface area contributed by atoms with Crippen LogP contribution in [0.25, 0.3) is 0 Å². The summed E-state index contributed by atoms with van der Waals surface area (Å²) in [6, 6.07) is 0. The van der Waals surface area contributed by atoms with Gasteiger partial charge in [0.1, 0.15) is 5.60 Å². The molecule has 4 heteroatoms. The Labute approximate surface area is 115 Å². The minimum atomic E-state index is -0.700. The summed E-state index contributed by atoms with van der Waals surface area (Å²) in [5.74, 6) is 0.268. The van der Waals surface area contributed by atoms with Gasteiger partial charge in [-0.3, -0.25) is 0 Å². The smallest absolute Gasteiger partial charge is 0.341 e. The molecule has 0 amide bonds. The molecule has 0 saturated carbocycles. The maximum atomic E-state index is 12.3. The van der Waals surface area contributed by atoms with Crippen molar-refractivity contribution < 1.29 is 19.0 Å². The fourth-order valence-corrected chi connectivity index (χ4v) is 3.27. The van der Waals surface area contributed by atoms with Gasteiger partial charge in [0.2, 0.25) is 0 Å². The molecule has 2 fully saturated rings. The maximum absolute atomic E-state index is 12.3. The normalized spacial score (nSPS) is 37.6. The molecule has 0 radical (unpaired) electrons. The second-order valence-corrected chi connectivity index (χ2v) is 6.00. The van der Waals surface area contributed by atoms with Gasteiger partial charge in [-0.2, -0.15) is 0 Å². The van der Waals surface area contributed by atoms with Crippen molar-refractivity contribution in [2.45, 2.75) is 70.7 Å². The molecule has 0 bridgehead atoms. The summed E-state index contributed by atoms with van der Waals surface area (Å²) in [4.78, 5) is 12.3. The number of rotatable bonds is 5. The van der Waals surface area contributed by atoms with Gasteiger partial charge in [0.05, 0.1) is 12.7 Å². The van der Waals surface area contributed by atoms with Gasteiger partial charge in [0.25, 0.3) is 0 Å².